The molecule has 2 heteroatoms. The number of hydrogen-bond donors (Lipinski definition) is 1. The molecule has 0 saturated carbocycles. The average Bonchev–Trinajstić information content (AvgIpc) is 3.50. The van der Waals surface area contributed by atoms with Crippen LogP contribution in [0.5, 0.6) is 0 Å². The van der Waals surface area contributed by atoms with Gasteiger partial charge >= 0.3 is 0 Å². The van der Waals surface area contributed by atoms with Crippen LogP contribution in [0.1, 0.15) is 41.0 Å². The van der Waals surface area contributed by atoms with Crippen molar-refractivity contribution in [3.63, 3.8) is 0 Å². The van der Waals surface area contributed by atoms with Crippen molar-refractivity contribution in [1.29, 1.82) is 0 Å². The molecule has 5 aromatic carbocycles. The van der Waals surface area contributed by atoms with Gasteiger partial charge in [0.15, 0.2) is 0 Å². The summed E-state index contributed by atoms with van der Waals surface area (Å²) < 4.78 is 2.58. The quantitative estimate of drug-likeness (QED) is 0.208. The second-order valence-corrected chi connectivity index (χ2v) is 13.6. The molecule has 6 aromatic rings. The van der Waals surface area contributed by atoms with E-state index in [1.165, 1.54) is 66.1 Å². The topological polar surface area (TPSA) is 17.0 Å². The molecule has 4 unspecified atom stereocenters. The number of fused-ring (bicyclic) bond motifs is 11. The third kappa shape index (κ3) is 4.19. The van der Waals surface area contributed by atoms with Crippen LogP contribution >= 0.6 is 0 Å². The minimum absolute atomic E-state index is 0.178. The van der Waals surface area contributed by atoms with Gasteiger partial charge in [0.25, 0.3) is 0 Å². The van der Waals surface area contributed by atoms with E-state index in [0.29, 0.717) is 11.8 Å². The first kappa shape index (κ1) is 27.5. The number of nitrogens with zero attached hydrogens (tertiary/aromatic N) is 1. The number of para-hydroxylation sites is 2. The highest BCUT2D eigenvalue weighted by Crippen LogP contribution is 2.49. The Morgan fingerprint density at radius 2 is 1.46 bits per heavy atom. The van der Waals surface area contributed by atoms with E-state index in [1.54, 1.807) is 0 Å². The summed E-state index contributed by atoms with van der Waals surface area (Å²) in [7, 11) is 0. The number of hydrogen-bond acceptors (Lipinski definition) is 1. The SMILES string of the molecule is C1=CCC2C=Cc3c(c4c5ccccc5n(C5=CC(C6c7ccccc7C=CC6Nc6ccccc6)CC=C5)c4c4ccccc34)C2=C1. The number of rotatable bonds is 4. The molecule has 10 rings (SSSR count). The standard InChI is InChI=1S/C46H36N2/c1-2-16-33(17-3-1)47-41-28-26-31-14-4-6-19-35(31)43(41)32-15-12-18-34(29-32)48-42-24-11-10-23-40(42)45-44-36-20-7-5-13-30(36)25-27-38(44)37-21-8-9-22-39(37)46(45)48/h1-12,14,16-30,32,41,43,47H,13,15H2. The normalized spacial score (nSPS) is 22.3. The highest BCUT2D eigenvalue weighted by Gasteiger charge is 2.34. The van der Waals surface area contributed by atoms with E-state index < -0.39 is 0 Å². The largest absolute Gasteiger partial charge is 0.378 e. The van der Waals surface area contributed by atoms with Gasteiger partial charge in [-0.25, -0.2) is 0 Å². The van der Waals surface area contributed by atoms with Gasteiger partial charge in [0, 0.05) is 39.4 Å². The van der Waals surface area contributed by atoms with Crippen LogP contribution < -0.4 is 5.32 Å². The van der Waals surface area contributed by atoms with Crippen molar-refractivity contribution in [3.8, 4) is 0 Å². The van der Waals surface area contributed by atoms with Crippen molar-refractivity contribution >= 4 is 61.7 Å². The smallest absolute Gasteiger partial charge is 0.0625 e. The Labute approximate surface area is 281 Å². The van der Waals surface area contributed by atoms with Crippen LogP contribution in [0.2, 0.25) is 0 Å². The maximum Gasteiger partial charge on any atom is 0.0625 e. The summed E-state index contributed by atoms with van der Waals surface area (Å²) in [5.41, 5.74) is 11.9. The molecule has 0 spiro atoms. The molecule has 1 aromatic heterocycles. The zero-order chi connectivity index (χ0) is 31.6. The third-order valence-electron chi connectivity index (χ3n) is 11.0. The first-order valence-electron chi connectivity index (χ1n) is 17.3. The summed E-state index contributed by atoms with van der Waals surface area (Å²) in [6.07, 6.45) is 25.8. The average molecular weight is 617 g/mol. The summed E-state index contributed by atoms with van der Waals surface area (Å²) >= 11 is 0. The highest BCUT2D eigenvalue weighted by atomic mass is 15.0. The van der Waals surface area contributed by atoms with Crippen molar-refractivity contribution in [1.82, 2.24) is 4.57 Å². The van der Waals surface area contributed by atoms with Crippen molar-refractivity contribution in [2.24, 2.45) is 11.8 Å². The maximum atomic E-state index is 3.90. The lowest BCUT2D eigenvalue weighted by atomic mass is 9.73. The van der Waals surface area contributed by atoms with Gasteiger partial charge in [-0.15, -0.1) is 0 Å². The highest BCUT2D eigenvalue weighted by molar-refractivity contribution is 6.25. The minimum Gasteiger partial charge on any atom is -0.378 e. The Bertz CT molecular complexity index is 2450. The molecule has 48 heavy (non-hydrogen) atoms. The number of nitrogens with one attached hydrogen (secondary N) is 1. The van der Waals surface area contributed by atoms with E-state index in [-0.39, 0.29) is 12.0 Å². The van der Waals surface area contributed by atoms with Gasteiger partial charge < -0.3 is 9.88 Å². The van der Waals surface area contributed by atoms with Gasteiger partial charge in [0.1, 0.15) is 0 Å². The minimum atomic E-state index is 0.178. The van der Waals surface area contributed by atoms with Gasteiger partial charge in [-0.3, -0.25) is 0 Å². The zero-order valence-corrected chi connectivity index (χ0v) is 26.8. The molecular weight excluding hydrogens is 581 g/mol. The molecule has 1 N–H and O–H groups in total. The van der Waals surface area contributed by atoms with Crippen molar-refractivity contribution in [2.45, 2.75) is 24.8 Å². The molecule has 0 amide bonds. The van der Waals surface area contributed by atoms with E-state index in [9.17, 15) is 0 Å². The summed E-state index contributed by atoms with van der Waals surface area (Å²) in [5.74, 6) is 1.02. The monoisotopic (exact) mass is 616 g/mol. The van der Waals surface area contributed by atoms with Crippen LogP contribution in [0.3, 0.4) is 0 Å². The number of anilines is 1. The second-order valence-electron chi connectivity index (χ2n) is 13.6. The van der Waals surface area contributed by atoms with Gasteiger partial charge in [-0.1, -0.05) is 140 Å². The van der Waals surface area contributed by atoms with E-state index in [1.807, 2.05) is 0 Å². The van der Waals surface area contributed by atoms with E-state index in [0.717, 1.165) is 18.5 Å². The molecule has 0 radical (unpaired) electrons. The van der Waals surface area contributed by atoms with E-state index >= 15 is 0 Å². The fourth-order valence-corrected chi connectivity index (χ4v) is 8.93. The van der Waals surface area contributed by atoms with E-state index in [4.69, 9.17) is 0 Å². The lowest BCUT2D eigenvalue weighted by molar-refractivity contribution is 0.480. The van der Waals surface area contributed by atoms with E-state index in [2.05, 4.69) is 174 Å². The Kier molecular flexibility index (Phi) is 6.30. The molecule has 1 heterocycles. The van der Waals surface area contributed by atoms with Crippen LogP contribution in [0.25, 0.3) is 56.0 Å². The summed E-state index contributed by atoms with van der Waals surface area (Å²) in [6.45, 7) is 0. The lowest BCUT2D eigenvalue weighted by Gasteiger charge is -2.36. The molecule has 2 nitrogen and oxygen atoms in total. The third-order valence-corrected chi connectivity index (χ3v) is 11.0. The van der Waals surface area contributed by atoms with Crippen molar-refractivity contribution in [3.05, 3.63) is 174 Å². The number of allylic oxidation sites excluding steroid dienone is 9. The fourth-order valence-electron chi connectivity index (χ4n) is 8.93. The van der Waals surface area contributed by atoms with Gasteiger partial charge in [-0.05, 0) is 76.2 Å². The Morgan fingerprint density at radius 1 is 0.667 bits per heavy atom. The Balaban J connectivity index is 1.21. The van der Waals surface area contributed by atoms with Gasteiger partial charge in [-0.2, -0.15) is 0 Å². The van der Waals surface area contributed by atoms with Crippen molar-refractivity contribution in [2.75, 3.05) is 5.32 Å². The molecular formula is C46H36N2. The predicted octanol–water partition coefficient (Wildman–Crippen LogP) is 11.6. The van der Waals surface area contributed by atoms with Crippen LogP contribution in [0, 0.1) is 11.8 Å². The Morgan fingerprint density at radius 3 is 2.38 bits per heavy atom. The first-order valence-corrected chi connectivity index (χ1v) is 17.3. The van der Waals surface area contributed by atoms with Crippen LogP contribution in [0.4, 0.5) is 5.69 Å². The predicted molar refractivity (Wildman–Crippen MR) is 205 cm³/mol. The molecule has 230 valence electrons. The zero-order valence-electron chi connectivity index (χ0n) is 26.8. The van der Waals surface area contributed by atoms with Crippen LogP contribution in [-0.4, -0.2) is 10.6 Å². The fraction of sp³-hybridized carbons (Fsp3) is 0.130. The number of aromatic nitrogens is 1. The van der Waals surface area contributed by atoms with Gasteiger partial charge in [0.05, 0.1) is 17.1 Å². The molecule has 4 atom stereocenters. The van der Waals surface area contributed by atoms with Crippen molar-refractivity contribution < 1.29 is 0 Å². The summed E-state index contributed by atoms with van der Waals surface area (Å²) in [4.78, 5) is 0. The first-order chi connectivity index (χ1) is 23.8. The van der Waals surface area contributed by atoms with Crippen LogP contribution in [-0.2, 0) is 0 Å². The summed E-state index contributed by atoms with van der Waals surface area (Å²) in [5, 5.41) is 9.23. The lowest BCUT2D eigenvalue weighted by Crippen LogP contribution is -2.33. The summed E-state index contributed by atoms with van der Waals surface area (Å²) in [6, 6.07) is 37.9. The number of benzene rings is 5. The molecule has 0 fully saturated rings. The van der Waals surface area contributed by atoms with Gasteiger partial charge in [0.2, 0.25) is 0 Å². The Hall–Kier alpha value is -5.60. The molecule has 4 aliphatic carbocycles. The van der Waals surface area contributed by atoms with Crippen LogP contribution in [0.15, 0.2) is 152 Å². The molecule has 4 aliphatic rings. The second kappa shape index (κ2) is 11.0. The maximum absolute atomic E-state index is 3.90. The molecule has 0 saturated heterocycles. The molecule has 0 aliphatic heterocycles. The molecule has 0 bridgehead atoms.